The molecule has 1 saturated heterocycles. The van der Waals surface area contributed by atoms with Gasteiger partial charge in [-0.15, -0.1) is 0 Å². The van der Waals surface area contributed by atoms with Crippen LogP contribution in [0.5, 0.6) is 0 Å². The predicted octanol–water partition coefficient (Wildman–Crippen LogP) is 2.37. The number of rotatable bonds is 6. The standard InChI is InChI=1S/C21H28N4O3/c1-27-15-18-8-5-10-25(18)21(26)22-12-19-20-17(9-11-28-19)14-24(23-20)13-16-6-3-2-4-7-16/h2-4,6-7,14,18-19H,5,8-13,15H2,1H3,(H,22,26). The molecule has 2 amide bonds. The van der Waals surface area contributed by atoms with Crippen molar-refractivity contribution >= 4 is 6.03 Å². The first-order chi connectivity index (χ1) is 13.7. The summed E-state index contributed by atoms with van der Waals surface area (Å²) in [5.41, 5.74) is 3.36. The van der Waals surface area contributed by atoms with Crippen molar-refractivity contribution in [2.24, 2.45) is 0 Å². The van der Waals surface area contributed by atoms with Gasteiger partial charge in [-0.05, 0) is 30.4 Å². The van der Waals surface area contributed by atoms with Crippen LogP contribution in [-0.4, -0.2) is 60.2 Å². The third-order valence-corrected chi connectivity index (χ3v) is 5.49. The number of amides is 2. The molecule has 4 rings (SSSR count). The number of carbonyl (C=O) groups excluding carboxylic acids is 1. The fraction of sp³-hybridized carbons (Fsp3) is 0.524. The Hall–Kier alpha value is -2.38. The number of hydrogen-bond donors (Lipinski definition) is 1. The van der Waals surface area contributed by atoms with E-state index in [1.54, 1.807) is 7.11 Å². The summed E-state index contributed by atoms with van der Waals surface area (Å²) < 4.78 is 13.1. The zero-order valence-electron chi connectivity index (χ0n) is 16.3. The molecule has 0 radical (unpaired) electrons. The van der Waals surface area contributed by atoms with Gasteiger partial charge < -0.3 is 19.7 Å². The van der Waals surface area contributed by atoms with E-state index in [1.807, 2.05) is 27.8 Å². The van der Waals surface area contributed by atoms with Crippen molar-refractivity contribution in [1.82, 2.24) is 20.0 Å². The number of ether oxygens (including phenoxy) is 2. The predicted molar refractivity (Wildman–Crippen MR) is 105 cm³/mol. The Morgan fingerprint density at radius 2 is 2.21 bits per heavy atom. The summed E-state index contributed by atoms with van der Waals surface area (Å²) in [5.74, 6) is 0. The average Bonchev–Trinajstić information content (AvgIpc) is 3.34. The van der Waals surface area contributed by atoms with E-state index in [2.05, 4.69) is 23.6 Å². The molecule has 7 heteroatoms. The lowest BCUT2D eigenvalue weighted by molar-refractivity contribution is 0.0395. The first-order valence-electron chi connectivity index (χ1n) is 9.99. The molecule has 150 valence electrons. The smallest absolute Gasteiger partial charge is 0.317 e. The van der Waals surface area contributed by atoms with Crippen LogP contribution < -0.4 is 5.32 Å². The Balaban J connectivity index is 1.38. The molecular formula is C21H28N4O3. The van der Waals surface area contributed by atoms with E-state index in [9.17, 15) is 4.79 Å². The minimum atomic E-state index is -0.201. The van der Waals surface area contributed by atoms with Crippen molar-refractivity contribution in [2.75, 3.05) is 33.4 Å². The van der Waals surface area contributed by atoms with E-state index in [0.29, 0.717) is 19.8 Å². The number of carbonyl (C=O) groups is 1. The molecule has 1 aromatic heterocycles. The van der Waals surface area contributed by atoms with Gasteiger partial charge in [0.2, 0.25) is 0 Å². The van der Waals surface area contributed by atoms with Crippen molar-refractivity contribution < 1.29 is 14.3 Å². The number of likely N-dealkylation sites (tertiary alicyclic amines) is 1. The number of aromatic nitrogens is 2. The van der Waals surface area contributed by atoms with Crippen LogP contribution in [0.1, 0.15) is 35.8 Å². The maximum atomic E-state index is 12.6. The van der Waals surface area contributed by atoms with Crippen molar-refractivity contribution in [2.45, 2.75) is 38.0 Å². The highest BCUT2D eigenvalue weighted by atomic mass is 16.5. The molecule has 0 aliphatic carbocycles. The van der Waals surface area contributed by atoms with Crippen LogP contribution in [0.3, 0.4) is 0 Å². The molecule has 1 aromatic carbocycles. The van der Waals surface area contributed by atoms with E-state index < -0.39 is 0 Å². The minimum absolute atomic E-state index is 0.0426. The molecule has 1 fully saturated rings. The molecule has 28 heavy (non-hydrogen) atoms. The molecule has 2 unspecified atom stereocenters. The van der Waals surface area contributed by atoms with Gasteiger partial charge in [0.25, 0.3) is 0 Å². The van der Waals surface area contributed by atoms with Crippen LogP contribution in [0.25, 0.3) is 0 Å². The molecule has 0 bridgehead atoms. The number of benzene rings is 1. The summed E-state index contributed by atoms with van der Waals surface area (Å²) in [5, 5.41) is 7.79. The second-order valence-corrected chi connectivity index (χ2v) is 7.46. The number of nitrogens with one attached hydrogen (secondary N) is 1. The number of methoxy groups -OCH3 is 1. The van der Waals surface area contributed by atoms with Crippen LogP contribution in [-0.2, 0) is 22.4 Å². The van der Waals surface area contributed by atoms with Crippen molar-refractivity contribution in [3.05, 3.63) is 53.3 Å². The third-order valence-electron chi connectivity index (χ3n) is 5.49. The fourth-order valence-corrected chi connectivity index (χ4v) is 4.09. The average molecular weight is 384 g/mol. The van der Waals surface area contributed by atoms with E-state index in [-0.39, 0.29) is 18.2 Å². The lowest BCUT2D eigenvalue weighted by atomic mass is 10.1. The molecule has 2 aromatic rings. The third kappa shape index (κ3) is 4.20. The number of hydrogen-bond acceptors (Lipinski definition) is 4. The van der Waals surface area contributed by atoms with Gasteiger partial charge in [-0.25, -0.2) is 4.79 Å². The summed E-state index contributed by atoms with van der Waals surface area (Å²) in [6.07, 6.45) is 4.78. The highest BCUT2D eigenvalue weighted by Crippen LogP contribution is 2.26. The van der Waals surface area contributed by atoms with Gasteiger partial charge in [-0.1, -0.05) is 30.3 Å². The van der Waals surface area contributed by atoms with Crippen LogP contribution >= 0.6 is 0 Å². The normalized spacial score (nSPS) is 21.5. The van der Waals surface area contributed by atoms with E-state index >= 15 is 0 Å². The zero-order valence-corrected chi connectivity index (χ0v) is 16.3. The molecule has 1 N–H and O–H groups in total. The summed E-state index contributed by atoms with van der Waals surface area (Å²) in [6.45, 7) is 3.19. The first kappa shape index (κ1) is 19.0. The van der Waals surface area contributed by atoms with Crippen LogP contribution in [0.2, 0.25) is 0 Å². The quantitative estimate of drug-likeness (QED) is 0.830. The second kappa shape index (κ2) is 8.75. The summed E-state index contributed by atoms with van der Waals surface area (Å²) in [6, 6.07) is 10.4. The van der Waals surface area contributed by atoms with Crippen LogP contribution in [0.15, 0.2) is 36.5 Å². The lowest BCUT2D eigenvalue weighted by Gasteiger charge is -2.27. The van der Waals surface area contributed by atoms with E-state index in [0.717, 1.165) is 38.0 Å². The molecule has 7 nitrogen and oxygen atoms in total. The Kier molecular flexibility index (Phi) is 5.92. The summed E-state index contributed by atoms with van der Waals surface area (Å²) >= 11 is 0. The van der Waals surface area contributed by atoms with Gasteiger partial charge in [0, 0.05) is 19.9 Å². The Labute approximate surface area is 165 Å². The van der Waals surface area contributed by atoms with E-state index in [4.69, 9.17) is 14.6 Å². The van der Waals surface area contributed by atoms with Crippen LogP contribution in [0, 0.1) is 0 Å². The molecule has 3 heterocycles. The van der Waals surface area contributed by atoms with Crippen molar-refractivity contribution in [1.29, 1.82) is 0 Å². The van der Waals surface area contributed by atoms with Gasteiger partial charge >= 0.3 is 6.03 Å². The van der Waals surface area contributed by atoms with Gasteiger partial charge in [-0.3, -0.25) is 4.68 Å². The monoisotopic (exact) mass is 384 g/mol. The molecular weight excluding hydrogens is 356 g/mol. The van der Waals surface area contributed by atoms with Crippen LogP contribution in [0.4, 0.5) is 4.79 Å². The van der Waals surface area contributed by atoms with Gasteiger partial charge in [0.05, 0.1) is 38.0 Å². The molecule has 0 spiro atoms. The van der Waals surface area contributed by atoms with Gasteiger partial charge in [0.15, 0.2) is 0 Å². The molecule has 2 atom stereocenters. The SMILES string of the molecule is COCC1CCCN1C(=O)NCC1OCCc2cn(Cc3ccccc3)nc21. The summed E-state index contributed by atoms with van der Waals surface area (Å²) in [4.78, 5) is 14.5. The highest BCUT2D eigenvalue weighted by molar-refractivity contribution is 5.74. The Bertz CT molecular complexity index is 792. The largest absolute Gasteiger partial charge is 0.383 e. The number of fused-ring (bicyclic) bond motifs is 1. The first-order valence-corrected chi connectivity index (χ1v) is 9.99. The van der Waals surface area contributed by atoms with Crippen molar-refractivity contribution in [3.63, 3.8) is 0 Å². The van der Waals surface area contributed by atoms with Crippen molar-refractivity contribution in [3.8, 4) is 0 Å². The Morgan fingerprint density at radius 3 is 3.04 bits per heavy atom. The Morgan fingerprint density at radius 1 is 1.36 bits per heavy atom. The maximum absolute atomic E-state index is 12.6. The molecule has 2 aliphatic rings. The molecule has 0 saturated carbocycles. The fourth-order valence-electron chi connectivity index (χ4n) is 4.09. The highest BCUT2D eigenvalue weighted by Gasteiger charge is 2.30. The zero-order chi connectivity index (χ0) is 19.3. The lowest BCUT2D eigenvalue weighted by Crippen LogP contribution is -2.46. The van der Waals surface area contributed by atoms with Gasteiger partial charge in [-0.2, -0.15) is 5.10 Å². The molecule has 2 aliphatic heterocycles. The topological polar surface area (TPSA) is 68.6 Å². The van der Waals surface area contributed by atoms with Gasteiger partial charge in [0.1, 0.15) is 6.10 Å². The second-order valence-electron chi connectivity index (χ2n) is 7.46. The number of nitrogens with zero attached hydrogens (tertiary/aromatic N) is 3. The maximum Gasteiger partial charge on any atom is 0.317 e. The minimum Gasteiger partial charge on any atom is -0.383 e. The number of urea groups is 1. The van der Waals surface area contributed by atoms with E-state index in [1.165, 1.54) is 11.1 Å². The summed E-state index contributed by atoms with van der Waals surface area (Å²) in [7, 11) is 1.68.